The number of carbonyl (C=O) groups excluding carboxylic acids is 2. The van der Waals surface area contributed by atoms with Crippen molar-refractivity contribution in [2.45, 2.75) is 11.8 Å². The Balaban J connectivity index is 2.20. The van der Waals surface area contributed by atoms with Gasteiger partial charge in [-0.3, -0.25) is 9.59 Å². The van der Waals surface area contributed by atoms with Crippen molar-refractivity contribution < 1.29 is 14.3 Å². The van der Waals surface area contributed by atoms with Crippen LogP contribution in [0.15, 0.2) is 53.4 Å². The first kappa shape index (κ1) is 14.6. The number of esters is 1. The second-order valence-electron chi connectivity index (χ2n) is 3.93. The van der Waals surface area contributed by atoms with Crippen molar-refractivity contribution in [1.82, 2.24) is 0 Å². The van der Waals surface area contributed by atoms with E-state index in [0.29, 0.717) is 10.6 Å². The first-order valence-corrected chi connectivity index (χ1v) is 7.01. The van der Waals surface area contributed by atoms with Crippen LogP contribution in [0.1, 0.15) is 17.3 Å². The van der Waals surface area contributed by atoms with Gasteiger partial charge in [-0.15, -0.1) is 0 Å². The highest BCUT2D eigenvalue weighted by Gasteiger charge is 2.14. The summed E-state index contributed by atoms with van der Waals surface area (Å²) in [6, 6.07) is 13.6. The third-order valence-corrected chi connectivity index (χ3v) is 3.55. The number of hydrogen-bond acceptors (Lipinski definition) is 4. The van der Waals surface area contributed by atoms with E-state index in [1.807, 2.05) is 0 Å². The molecule has 0 fully saturated rings. The van der Waals surface area contributed by atoms with Crippen LogP contribution in [-0.2, 0) is 4.79 Å². The van der Waals surface area contributed by atoms with E-state index in [1.165, 1.54) is 6.92 Å². The number of halogens is 1. The fraction of sp³-hybridized carbons (Fsp3) is 0.0667. The van der Waals surface area contributed by atoms with E-state index in [0.717, 1.165) is 16.7 Å². The predicted molar refractivity (Wildman–Crippen MR) is 79.4 cm³/mol. The molecule has 0 bridgehead atoms. The molecule has 2 aromatic rings. The first-order chi connectivity index (χ1) is 9.56. The SMILES string of the molecule is CC(=O)Oc1ccccc1C(=O)Sc1ccc(Cl)cc1. The quantitative estimate of drug-likeness (QED) is 0.484. The molecular formula is C15H11ClO3S. The third-order valence-electron chi connectivity index (χ3n) is 2.38. The second-order valence-corrected chi connectivity index (χ2v) is 5.42. The molecule has 0 amide bonds. The van der Waals surface area contributed by atoms with Gasteiger partial charge in [0, 0.05) is 16.8 Å². The third kappa shape index (κ3) is 3.85. The highest BCUT2D eigenvalue weighted by atomic mass is 35.5. The second kappa shape index (κ2) is 6.59. The van der Waals surface area contributed by atoms with Crippen molar-refractivity contribution >= 4 is 34.4 Å². The fourth-order valence-corrected chi connectivity index (χ4v) is 2.43. The number of ether oxygens (including phenoxy) is 1. The molecule has 0 aliphatic rings. The number of rotatable bonds is 3. The zero-order valence-corrected chi connectivity index (χ0v) is 12.2. The van der Waals surface area contributed by atoms with Crippen molar-refractivity contribution in [3.05, 3.63) is 59.1 Å². The average Bonchev–Trinajstić information content (AvgIpc) is 2.41. The molecule has 102 valence electrons. The first-order valence-electron chi connectivity index (χ1n) is 5.81. The summed E-state index contributed by atoms with van der Waals surface area (Å²) in [5.74, 6) is -0.187. The number of benzene rings is 2. The van der Waals surface area contributed by atoms with E-state index in [4.69, 9.17) is 16.3 Å². The van der Waals surface area contributed by atoms with Gasteiger partial charge in [0.1, 0.15) is 5.75 Å². The van der Waals surface area contributed by atoms with Gasteiger partial charge in [-0.1, -0.05) is 23.7 Å². The lowest BCUT2D eigenvalue weighted by molar-refractivity contribution is -0.131. The molecule has 0 N–H and O–H groups in total. The lowest BCUT2D eigenvalue weighted by Gasteiger charge is -2.07. The van der Waals surface area contributed by atoms with Crippen molar-refractivity contribution in [3.63, 3.8) is 0 Å². The van der Waals surface area contributed by atoms with Gasteiger partial charge >= 0.3 is 5.97 Å². The number of carbonyl (C=O) groups is 2. The van der Waals surface area contributed by atoms with E-state index >= 15 is 0 Å². The lowest BCUT2D eigenvalue weighted by Crippen LogP contribution is -2.05. The lowest BCUT2D eigenvalue weighted by atomic mass is 10.2. The molecule has 0 radical (unpaired) electrons. The molecule has 0 aromatic heterocycles. The molecule has 0 saturated heterocycles. The normalized spacial score (nSPS) is 10.1. The van der Waals surface area contributed by atoms with Crippen LogP contribution in [-0.4, -0.2) is 11.1 Å². The van der Waals surface area contributed by atoms with Gasteiger partial charge < -0.3 is 4.74 Å². The molecule has 0 spiro atoms. The summed E-state index contributed by atoms with van der Waals surface area (Å²) in [4.78, 5) is 24.0. The minimum atomic E-state index is -0.457. The molecule has 0 aliphatic carbocycles. The summed E-state index contributed by atoms with van der Waals surface area (Å²) >= 11 is 6.85. The molecule has 0 aliphatic heterocycles. The van der Waals surface area contributed by atoms with Gasteiger partial charge in [-0.05, 0) is 48.2 Å². The van der Waals surface area contributed by atoms with E-state index in [2.05, 4.69) is 0 Å². The Labute approximate surface area is 125 Å². The zero-order valence-electron chi connectivity index (χ0n) is 10.6. The summed E-state index contributed by atoms with van der Waals surface area (Å²) in [7, 11) is 0. The number of para-hydroxylation sites is 1. The molecule has 3 nitrogen and oxygen atoms in total. The molecule has 5 heteroatoms. The summed E-state index contributed by atoms with van der Waals surface area (Å²) in [6.07, 6.45) is 0. The van der Waals surface area contributed by atoms with Crippen molar-refractivity contribution in [2.75, 3.05) is 0 Å². The molecule has 2 rings (SSSR count). The maximum atomic E-state index is 12.2. The van der Waals surface area contributed by atoms with Crippen molar-refractivity contribution in [3.8, 4) is 5.75 Å². The Morgan fingerprint density at radius 3 is 2.35 bits per heavy atom. The van der Waals surface area contributed by atoms with E-state index in [9.17, 15) is 9.59 Å². The fourth-order valence-electron chi connectivity index (χ4n) is 1.54. The maximum absolute atomic E-state index is 12.2. The minimum Gasteiger partial charge on any atom is -0.426 e. The van der Waals surface area contributed by atoms with Crippen LogP contribution in [0.2, 0.25) is 5.02 Å². The smallest absolute Gasteiger partial charge is 0.308 e. The number of thioether (sulfide) groups is 1. The largest absolute Gasteiger partial charge is 0.426 e. The Bertz CT molecular complexity index is 638. The monoisotopic (exact) mass is 306 g/mol. The van der Waals surface area contributed by atoms with Crippen LogP contribution >= 0.6 is 23.4 Å². The highest BCUT2D eigenvalue weighted by molar-refractivity contribution is 8.14. The van der Waals surface area contributed by atoms with Crippen LogP contribution in [0.3, 0.4) is 0 Å². The molecule has 0 atom stereocenters. The Kier molecular flexibility index (Phi) is 4.82. The Morgan fingerprint density at radius 1 is 1.05 bits per heavy atom. The van der Waals surface area contributed by atoms with Crippen LogP contribution in [0, 0.1) is 0 Å². The van der Waals surface area contributed by atoms with Crippen LogP contribution < -0.4 is 4.74 Å². The molecule has 0 saturated carbocycles. The zero-order chi connectivity index (χ0) is 14.5. The van der Waals surface area contributed by atoms with Crippen LogP contribution in [0.4, 0.5) is 0 Å². The van der Waals surface area contributed by atoms with E-state index in [-0.39, 0.29) is 10.9 Å². The van der Waals surface area contributed by atoms with Gasteiger partial charge in [0.15, 0.2) is 0 Å². The van der Waals surface area contributed by atoms with E-state index < -0.39 is 5.97 Å². The van der Waals surface area contributed by atoms with Crippen LogP contribution in [0.5, 0.6) is 5.75 Å². The number of hydrogen-bond donors (Lipinski definition) is 0. The predicted octanol–water partition coefficient (Wildman–Crippen LogP) is 4.20. The Hall–Kier alpha value is -1.78. The summed E-state index contributed by atoms with van der Waals surface area (Å²) in [5.41, 5.74) is 0.364. The average molecular weight is 307 g/mol. The summed E-state index contributed by atoms with van der Waals surface area (Å²) < 4.78 is 5.03. The van der Waals surface area contributed by atoms with E-state index in [1.54, 1.807) is 48.5 Å². The summed E-state index contributed by atoms with van der Waals surface area (Å²) in [6.45, 7) is 1.30. The van der Waals surface area contributed by atoms with Crippen LogP contribution in [0.25, 0.3) is 0 Å². The van der Waals surface area contributed by atoms with Crippen molar-refractivity contribution in [1.29, 1.82) is 0 Å². The topological polar surface area (TPSA) is 43.4 Å². The molecule has 20 heavy (non-hydrogen) atoms. The van der Waals surface area contributed by atoms with Gasteiger partial charge in [-0.2, -0.15) is 0 Å². The van der Waals surface area contributed by atoms with Gasteiger partial charge in [0.05, 0.1) is 5.56 Å². The van der Waals surface area contributed by atoms with Gasteiger partial charge in [0.2, 0.25) is 5.12 Å². The molecular weight excluding hydrogens is 296 g/mol. The molecule has 0 unspecified atom stereocenters. The standard InChI is InChI=1S/C15H11ClO3S/c1-10(17)19-14-5-3-2-4-13(14)15(18)20-12-8-6-11(16)7-9-12/h2-9H,1H3. The van der Waals surface area contributed by atoms with Crippen molar-refractivity contribution in [2.24, 2.45) is 0 Å². The van der Waals surface area contributed by atoms with Gasteiger partial charge in [-0.25, -0.2) is 0 Å². The Morgan fingerprint density at radius 2 is 1.70 bits per heavy atom. The molecule has 2 aromatic carbocycles. The van der Waals surface area contributed by atoms with Gasteiger partial charge in [0.25, 0.3) is 0 Å². The highest BCUT2D eigenvalue weighted by Crippen LogP contribution is 2.28. The molecule has 0 heterocycles. The minimum absolute atomic E-state index is 0.191. The summed E-state index contributed by atoms with van der Waals surface area (Å²) in [5, 5.41) is 0.422. The maximum Gasteiger partial charge on any atom is 0.308 e.